The molecule has 1 aromatic carbocycles. The van der Waals surface area contributed by atoms with Gasteiger partial charge >= 0.3 is 0 Å². The van der Waals surface area contributed by atoms with Crippen LogP contribution < -0.4 is 10.5 Å². The molecule has 0 aliphatic carbocycles. The number of ether oxygens (including phenoxy) is 1. The van der Waals surface area contributed by atoms with Gasteiger partial charge in [-0.2, -0.15) is 4.31 Å². The molecule has 1 aromatic rings. The van der Waals surface area contributed by atoms with Crippen molar-refractivity contribution in [1.29, 1.82) is 0 Å². The summed E-state index contributed by atoms with van der Waals surface area (Å²) >= 11 is 0. The Bertz CT molecular complexity index is 545. The van der Waals surface area contributed by atoms with Gasteiger partial charge in [0.25, 0.3) is 0 Å². The van der Waals surface area contributed by atoms with E-state index in [-0.39, 0.29) is 25.4 Å². The Balaban J connectivity index is 2.60. The number of hydrogen-bond donors (Lipinski definition) is 1. The third kappa shape index (κ3) is 4.71. The van der Waals surface area contributed by atoms with Crippen molar-refractivity contribution in [1.82, 2.24) is 4.31 Å². The smallest absolute Gasteiger partial charge is 0.218 e. The molecule has 0 saturated carbocycles. The van der Waals surface area contributed by atoms with Crippen LogP contribution in [0.25, 0.3) is 0 Å². The summed E-state index contributed by atoms with van der Waals surface area (Å²) in [5.74, 6) is 0.366. The van der Waals surface area contributed by atoms with Crippen LogP contribution in [-0.4, -0.2) is 38.2 Å². The SMILES string of the molecule is C=CCN(CC=C)S(=O)(=O)CCOc1ccccc1N. The second-order valence-electron chi connectivity index (χ2n) is 4.10. The maximum atomic E-state index is 12.1. The average Bonchev–Trinajstić information content (AvgIpc) is 2.40. The van der Waals surface area contributed by atoms with Crippen molar-refractivity contribution in [3.05, 3.63) is 49.6 Å². The highest BCUT2D eigenvalue weighted by atomic mass is 32.2. The number of benzene rings is 1. The Kier molecular flexibility index (Phi) is 6.27. The molecule has 110 valence electrons. The molecule has 0 unspecified atom stereocenters. The molecular formula is C14H20N2O3S. The van der Waals surface area contributed by atoms with E-state index in [0.29, 0.717) is 11.4 Å². The number of anilines is 1. The van der Waals surface area contributed by atoms with Crippen molar-refractivity contribution >= 4 is 15.7 Å². The van der Waals surface area contributed by atoms with Gasteiger partial charge in [0, 0.05) is 13.1 Å². The minimum atomic E-state index is -3.40. The molecule has 20 heavy (non-hydrogen) atoms. The van der Waals surface area contributed by atoms with Crippen LogP contribution in [-0.2, 0) is 10.0 Å². The van der Waals surface area contributed by atoms with E-state index in [0.717, 1.165) is 0 Å². The molecule has 0 spiro atoms. The summed E-state index contributed by atoms with van der Waals surface area (Å²) in [5.41, 5.74) is 6.20. The van der Waals surface area contributed by atoms with Gasteiger partial charge in [0.05, 0.1) is 11.4 Å². The third-order valence-corrected chi connectivity index (χ3v) is 4.34. The van der Waals surface area contributed by atoms with Crippen LogP contribution in [0.15, 0.2) is 49.6 Å². The lowest BCUT2D eigenvalue weighted by atomic mass is 10.3. The number of nitrogens with two attached hydrogens (primary N) is 1. The first-order valence-corrected chi connectivity index (χ1v) is 7.79. The highest BCUT2D eigenvalue weighted by Gasteiger charge is 2.19. The summed E-state index contributed by atoms with van der Waals surface area (Å²) in [4.78, 5) is 0. The number of rotatable bonds is 9. The number of hydrogen-bond acceptors (Lipinski definition) is 4. The largest absolute Gasteiger partial charge is 0.490 e. The highest BCUT2D eigenvalue weighted by molar-refractivity contribution is 7.89. The molecule has 2 N–H and O–H groups in total. The van der Waals surface area contributed by atoms with Crippen LogP contribution in [0.2, 0.25) is 0 Å². The van der Waals surface area contributed by atoms with Crippen molar-refractivity contribution in [3.8, 4) is 5.75 Å². The molecule has 0 aliphatic rings. The van der Waals surface area contributed by atoms with Crippen LogP contribution in [0.1, 0.15) is 0 Å². The Morgan fingerprint density at radius 2 is 1.80 bits per heavy atom. The monoisotopic (exact) mass is 296 g/mol. The normalized spacial score (nSPS) is 11.2. The molecule has 0 aromatic heterocycles. The molecule has 0 saturated heterocycles. The predicted molar refractivity (Wildman–Crippen MR) is 82.1 cm³/mol. The van der Waals surface area contributed by atoms with Gasteiger partial charge in [-0.15, -0.1) is 13.2 Å². The summed E-state index contributed by atoms with van der Waals surface area (Å²) in [5, 5.41) is 0. The minimum Gasteiger partial charge on any atom is -0.490 e. The Morgan fingerprint density at radius 3 is 2.35 bits per heavy atom. The van der Waals surface area contributed by atoms with Crippen molar-refractivity contribution < 1.29 is 13.2 Å². The van der Waals surface area contributed by atoms with Gasteiger partial charge in [-0.3, -0.25) is 0 Å². The van der Waals surface area contributed by atoms with Crippen molar-refractivity contribution in [2.24, 2.45) is 0 Å². The van der Waals surface area contributed by atoms with Crippen molar-refractivity contribution in [2.45, 2.75) is 0 Å². The zero-order valence-electron chi connectivity index (χ0n) is 11.4. The average molecular weight is 296 g/mol. The van der Waals surface area contributed by atoms with E-state index in [2.05, 4.69) is 13.2 Å². The second kappa shape index (κ2) is 7.72. The van der Waals surface area contributed by atoms with Gasteiger partial charge in [-0.05, 0) is 12.1 Å². The van der Waals surface area contributed by atoms with E-state index in [4.69, 9.17) is 10.5 Å². The molecule has 0 aliphatic heterocycles. The summed E-state index contributed by atoms with van der Waals surface area (Å²) in [7, 11) is -3.40. The van der Waals surface area contributed by atoms with Gasteiger partial charge in [-0.25, -0.2) is 8.42 Å². The summed E-state index contributed by atoms with van der Waals surface area (Å²) in [6.07, 6.45) is 3.08. The molecule has 0 radical (unpaired) electrons. The molecule has 1 rings (SSSR count). The zero-order valence-corrected chi connectivity index (χ0v) is 12.2. The topological polar surface area (TPSA) is 72.6 Å². The van der Waals surface area contributed by atoms with Crippen LogP contribution in [0.3, 0.4) is 0 Å². The van der Waals surface area contributed by atoms with Crippen LogP contribution in [0.5, 0.6) is 5.75 Å². The zero-order chi connectivity index (χ0) is 15.0. The Hall–Kier alpha value is -1.79. The summed E-state index contributed by atoms with van der Waals surface area (Å²) in [6.45, 7) is 7.64. The van der Waals surface area contributed by atoms with E-state index in [1.165, 1.54) is 16.5 Å². The van der Waals surface area contributed by atoms with Crippen molar-refractivity contribution in [3.63, 3.8) is 0 Å². The molecule has 0 atom stereocenters. The number of para-hydroxylation sites is 2. The molecular weight excluding hydrogens is 276 g/mol. The molecule has 0 heterocycles. The van der Waals surface area contributed by atoms with E-state index in [1.54, 1.807) is 24.3 Å². The Labute approximate surface area is 120 Å². The summed E-state index contributed by atoms with van der Waals surface area (Å²) < 4.78 is 30.9. The highest BCUT2D eigenvalue weighted by Crippen LogP contribution is 2.19. The first-order valence-electron chi connectivity index (χ1n) is 6.18. The lowest BCUT2D eigenvalue weighted by Crippen LogP contribution is -2.35. The molecule has 0 amide bonds. The van der Waals surface area contributed by atoms with Gasteiger partial charge in [0.15, 0.2) is 0 Å². The first-order chi connectivity index (χ1) is 9.51. The van der Waals surface area contributed by atoms with Crippen LogP contribution in [0.4, 0.5) is 5.69 Å². The third-order valence-electron chi connectivity index (χ3n) is 2.58. The lowest BCUT2D eigenvalue weighted by Gasteiger charge is -2.19. The number of nitrogen functional groups attached to an aromatic ring is 1. The van der Waals surface area contributed by atoms with Crippen molar-refractivity contribution in [2.75, 3.05) is 31.2 Å². The number of nitrogens with zero attached hydrogens (tertiary/aromatic N) is 1. The van der Waals surface area contributed by atoms with E-state index < -0.39 is 10.0 Å². The first kappa shape index (κ1) is 16.3. The maximum absolute atomic E-state index is 12.1. The van der Waals surface area contributed by atoms with Crippen LogP contribution >= 0.6 is 0 Å². The quantitative estimate of drug-likeness (QED) is 0.555. The molecule has 0 bridgehead atoms. The fourth-order valence-electron chi connectivity index (χ4n) is 1.59. The fraction of sp³-hybridized carbons (Fsp3) is 0.286. The van der Waals surface area contributed by atoms with Crippen LogP contribution in [0, 0.1) is 0 Å². The minimum absolute atomic E-state index is 0.0430. The lowest BCUT2D eigenvalue weighted by molar-refractivity contribution is 0.338. The summed E-state index contributed by atoms with van der Waals surface area (Å²) in [6, 6.07) is 6.97. The number of sulfonamides is 1. The van der Waals surface area contributed by atoms with Gasteiger partial charge in [0.2, 0.25) is 10.0 Å². The standard InChI is InChI=1S/C14H20N2O3S/c1-3-9-16(10-4-2)20(17,18)12-11-19-14-8-6-5-7-13(14)15/h3-8H,1-2,9-12,15H2. The van der Waals surface area contributed by atoms with E-state index in [9.17, 15) is 8.42 Å². The maximum Gasteiger partial charge on any atom is 0.218 e. The van der Waals surface area contributed by atoms with E-state index in [1.807, 2.05) is 0 Å². The fourth-order valence-corrected chi connectivity index (χ4v) is 2.80. The second-order valence-corrected chi connectivity index (χ2v) is 6.19. The van der Waals surface area contributed by atoms with Gasteiger partial charge < -0.3 is 10.5 Å². The predicted octanol–water partition coefficient (Wildman–Crippen LogP) is 1.65. The molecule has 5 nitrogen and oxygen atoms in total. The molecule has 6 heteroatoms. The Morgan fingerprint density at radius 1 is 1.20 bits per heavy atom. The molecule has 0 fully saturated rings. The van der Waals surface area contributed by atoms with E-state index >= 15 is 0 Å². The van der Waals surface area contributed by atoms with Gasteiger partial charge in [0.1, 0.15) is 12.4 Å². The van der Waals surface area contributed by atoms with Gasteiger partial charge in [-0.1, -0.05) is 24.3 Å².